The molecule has 0 aliphatic carbocycles. The summed E-state index contributed by atoms with van der Waals surface area (Å²) in [4.78, 5) is 23.9. The van der Waals surface area contributed by atoms with Gasteiger partial charge in [-0.25, -0.2) is 4.79 Å². The van der Waals surface area contributed by atoms with Crippen molar-refractivity contribution in [2.24, 2.45) is 0 Å². The van der Waals surface area contributed by atoms with Crippen molar-refractivity contribution >= 4 is 34.9 Å². The van der Waals surface area contributed by atoms with Gasteiger partial charge in [0.2, 0.25) is 0 Å². The van der Waals surface area contributed by atoms with Crippen LogP contribution in [-0.4, -0.2) is 18.0 Å². The van der Waals surface area contributed by atoms with Gasteiger partial charge in [0.1, 0.15) is 0 Å². The lowest BCUT2D eigenvalue weighted by Gasteiger charge is -2.10. The van der Waals surface area contributed by atoms with Crippen LogP contribution in [0.25, 0.3) is 0 Å². The lowest BCUT2D eigenvalue weighted by Crippen LogP contribution is -2.30. The van der Waals surface area contributed by atoms with Crippen LogP contribution in [0.1, 0.15) is 29.8 Å². The van der Waals surface area contributed by atoms with Crippen LogP contribution in [0.4, 0.5) is 16.2 Å². The van der Waals surface area contributed by atoms with Crippen LogP contribution < -0.4 is 16.0 Å². The molecule has 0 aliphatic rings. The lowest BCUT2D eigenvalue weighted by molar-refractivity contribution is 0.0943. The molecule has 0 unspecified atom stereocenters. The molecule has 0 saturated carbocycles. The topological polar surface area (TPSA) is 70.2 Å². The number of aryl methyl sites for hydroxylation is 1. The molecule has 0 heterocycles. The number of hydrogen-bond donors (Lipinski definition) is 3. The molecule has 0 fully saturated rings. The highest BCUT2D eigenvalue weighted by atomic mass is 35.5. The van der Waals surface area contributed by atoms with Gasteiger partial charge in [0.05, 0.1) is 0 Å². The Morgan fingerprint density at radius 1 is 0.958 bits per heavy atom. The summed E-state index contributed by atoms with van der Waals surface area (Å²) in [5, 5.41) is 8.82. The van der Waals surface area contributed by atoms with Gasteiger partial charge in [0.25, 0.3) is 5.91 Å². The first-order chi connectivity index (χ1) is 11.3. The maximum absolute atomic E-state index is 12.0. The number of carbonyl (C=O) groups is 2. The molecule has 0 bridgehead atoms. The minimum Gasteiger partial charge on any atom is -0.350 e. The molecule has 2 aromatic carbocycles. The van der Waals surface area contributed by atoms with Gasteiger partial charge in [-0.3, -0.25) is 4.79 Å². The van der Waals surface area contributed by atoms with E-state index in [1.807, 2.05) is 26.8 Å². The molecule has 0 aromatic heterocycles. The molecular weight excluding hydrogens is 326 g/mol. The third kappa shape index (κ3) is 4.99. The van der Waals surface area contributed by atoms with Crippen LogP contribution in [0.3, 0.4) is 0 Å². The molecule has 0 spiro atoms. The maximum Gasteiger partial charge on any atom is 0.323 e. The van der Waals surface area contributed by atoms with Gasteiger partial charge in [-0.1, -0.05) is 17.7 Å². The first-order valence-corrected chi connectivity index (χ1v) is 7.98. The second-order valence-corrected chi connectivity index (χ2v) is 6.16. The number of carbonyl (C=O) groups excluding carboxylic acids is 2. The normalized spacial score (nSPS) is 10.4. The Labute approximate surface area is 146 Å². The summed E-state index contributed by atoms with van der Waals surface area (Å²) in [5.41, 5.74) is 2.68. The highest BCUT2D eigenvalue weighted by Gasteiger charge is 2.08. The van der Waals surface area contributed by atoms with E-state index in [2.05, 4.69) is 16.0 Å². The largest absolute Gasteiger partial charge is 0.350 e. The van der Waals surface area contributed by atoms with E-state index in [0.29, 0.717) is 22.0 Å². The minimum atomic E-state index is -0.380. The Balaban J connectivity index is 1.96. The monoisotopic (exact) mass is 345 g/mol. The van der Waals surface area contributed by atoms with Crippen LogP contribution in [-0.2, 0) is 0 Å². The van der Waals surface area contributed by atoms with E-state index in [1.54, 1.807) is 36.4 Å². The van der Waals surface area contributed by atoms with Crippen molar-refractivity contribution in [1.82, 2.24) is 5.32 Å². The highest BCUT2D eigenvalue weighted by molar-refractivity contribution is 6.31. The summed E-state index contributed by atoms with van der Waals surface area (Å²) >= 11 is 6.03. The van der Waals surface area contributed by atoms with Crippen molar-refractivity contribution in [2.75, 3.05) is 10.6 Å². The zero-order chi connectivity index (χ0) is 17.7. The van der Waals surface area contributed by atoms with Crippen molar-refractivity contribution < 1.29 is 9.59 Å². The Kier molecular flexibility index (Phi) is 5.82. The van der Waals surface area contributed by atoms with E-state index < -0.39 is 0 Å². The zero-order valence-corrected chi connectivity index (χ0v) is 14.6. The molecule has 0 saturated heterocycles. The van der Waals surface area contributed by atoms with Crippen LogP contribution in [0.2, 0.25) is 5.02 Å². The number of rotatable bonds is 4. The van der Waals surface area contributed by atoms with Gasteiger partial charge in [-0.15, -0.1) is 0 Å². The summed E-state index contributed by atoms with van der Waals surface area (Å²) in [6, 6.07) is 11.7. The zero-order valence-electron chi connectivity index (χ0n) is 13.8. The van der Waals surface area contributed by atoms with Crippen molar-refractivity contribution in [2.45, 2.75) is 26.8 Å². The average molecular weight is 346 g/mol. The molecule has 5 nitrogen and oxygen atoms in total. The smallest absolute Gasteiger partial charge is 0.323 e. The van der Waals surface area contributed by atoms with Crippen LogP contribution in [0, 0.1) is 6.92 Å². The van der Waals surface area contributed by atoms with Crippen LogP contribution >= 0.6 is 11.6 Å². The number of amides is 3. The Morgan fingerprint density at radius 2 is 1.54 bits per heavy atom. The molecule has 0 radical (unpaired) electrons. The Morgan fingerprint density at radius 3 is 2.12 bits per heavy atom. The third-order valence-electron chi connectivity index (χ3n) is 3.25. The first kappa shape index (κ1) is 17.8. The number of nitrogens with one attached hydrogen (secondary N) is 3. The number of urea groups is 1. The van der Waals surface area contributed by atoms with Crippen LogP contribution in [0.15, 0.2) is 42.5 Å². The van der Waals surface area contributed by atoms with E-state index in [1.165, 1.54) is 0 Å². The van der Waals surface area contributed by atoms with Crippen LogP contribution in [0.5, 0.6) is 0 Å². The molecule has 6 heteroatoms. The second-order valence-electron chi connectivity index (χ2n) is 5.75. The highest BCUT2D eigenvalue weighted by Crippen LogP contribution is 2.20. The average Bonchev–Trinajstić information content (AvgIpc) is 2.51. The van der Waals surface area contributed by atoms with E-state index >= 15 is 0 Å². The van der Waals surface area contributed by atoms with Crippen molar-refractivity contribution in [3.8, 4) is 0 Å². The first-order valence-electron chi connectivity index (χ1n) is 7.60. The molecule has 2 aromatic rings. The predicted octanol–water partition coefficient (Wildman–Crippen LogP) is 4.43. The Bertz CT molecular complexity index is 742. The van der Waals surface area contributed by atoms with Crippen molar-refractivity contribution in [1.29, 1.82) is 0 Å². The maximum atomic E-state index is 12.0. The van der Waals surface area contributed by atoms with Gasteiger partial charge in [-0.05, 0) is 62.7 Å². The fraction of sp³-hybridized carbons (Fsp3) is 0.222. The molecule has 3 amide bonds. The third-order valence-corrected chi connectivity index (χ3v) is 3.66. The predicted molar refractivity (Wildman–Crippen MR) is 97.9 cm³/mol. The second kappa shape index (κ2) is 7.84. The van der Waals surface area contributed by atoms with Gasteiger partial charge in [0.15, 0.2) is 0 Å². The lowest BCUT2D eigenvalue weighted by atomic mass is 10.2. The van der Waals surface area contributed by atoms with Gasteiger partial charge < -0.3 is 16.0 Å². The van der Waals surface area contributed by atoms with Crippen molar-refractivity contribution in [3.63, 3.8) is 0 Å². The van der Waals surface area contributed by atoms with Gasteiger partial charge in [0, 0.05) is 28.0 Å². The van der Waals surface area contributed by atoms with Gasteiger partial charge in [-0.2, -0.15) is 0 Å². The summed E-state index contributed by atoms with van der Waals surface area (Å²) < 4.78 is 0. The van der Waals surface area contributed by atoms with E-state index in [0.717, 1.165) is 5.56 Å². The van der Waals surface area contributed by atoms with E-state index in [4.69, 9.17) is 11.6 Å². The number of hydrogen-bond acceptors (Lipinski definition) is 2. The minimum absolute atomic E-state index is 0.0717. The summed E-state index contributed by atoms with van der Waals surface area (Å²) in [6.07, 6.45) is 0. The molecule has 126 valence electrons. The molecular formula is C18H20ClN3O2. The number of anilines is 2. The number of benzene rings is 2. The quantitative estimate of drug-likeness (QED) is 0.767. The van der Waals surface area contributed by atoms with E-state index in [9.17, 15) is 9.59 Å². The van der Waals surface area contributed by atoms with E-state index in [-0.39, 0.29) is 18.0 Å². The standard InChI is InChI=1S/C18H20ClN3O2/c1-11(2)20-17(23)13-5-8-14(9-6-13)21-18(24)22-15-7-4-12(3)16(19)10-15/h4-11H,1-3H3,(H,20,23)(H2,21,22,24). The summed E-state index contributed by atoms with van der Waals surface area (Å²) in [6.45, 7) is 5.69. The molecule has 0 aliphatic heterocycles. The fourth-order valence-electron chi connectivity index (χ4n) is 2.01. The Hall–Kier alpha value is -2.53. The fourth-order valence-corrected chi connectivity index (χ4v) is 2.20. The van der Waals surface area contributed by atoms with Gasteiger partial charge >= 0.3 is 6.03 Å². The number of halogens is 1. The molecule has 24 heavy (non-hydrogen) atoms. The molecule has 3 N–H and O–H groups in total. The molecule has 2 rings (SSSR count). The SMILES string of the molecule is Cc1ccc(NC(=O)Nc2ccc(C(=O)NC(C)C)cc2)cc1Cl. The van der Waals surface area contributed by atoms with Crippen molar-refractivity contribution in [3.05, 3.63) is 58.6 Å². The summed E-state index contributed by atoms with van der Waals surface area (Å²) in [7, 11) is 0. The molecule has 0 atom stereocenters. The summed E-state index contributed by atoms with van der Waals surface area (Å²) in [5.74, 6) is -0.143.